The van der Waals surface area contributed by atoms with Crippen LogP contribution in [-0.2, 0) is 0 Å². The minimum absolute atomic E-state index is 0.141. The molecule has 2 aromatic rings. The average molecular weight is 259 g/mol. The molecule has 1 aliphatic rings. The van der Waals surface area contributed by atoms with Gasteiger partial charge in [0, 0.05) is 5.56 Å². The molecular formula is C14H17N3O2. The van der Waals surface area contributed by atoms with Crippen molar-refractivity contribution in [3.63, 3.8) is 0 Å². The van der Waals surface area contributed by atoms with Crippen LogP contribution < -0.4 is 5.32 Å². The van der Waals surface area contributed by atoms with E-state index in [2.05, 4.69) is 22.4 Å². The Morgan fingerprint density at radius 1 is 1.42 bits per heavy atom. The van der Waals surface area contributed by atoms with Gasteiger partial charge in [-0.3, -0.25) is 0 Å². The van der Waals surface area contributed by atoms with Gasteiger partial charge in [-0.05, 0) is 37.4 Å². The van der Waals surface area contributed by atoms with E-state index in [1.54, 1.807) is 18.2 Å². The number of aromatic hydroxyl groups is 1. The highest BCUT2D eigenvalue weighted by molar-refractivity contribution is 5.56. The first-order chi connectivity index (χ1) is 9.22. The minimum atomic E-state index is 0.141. The Kier molecular flexibility index (Phi) is 3.21. The summed E-state index contributed by atoms with van der Waals surface area (Å²) < 4.78 is 5.34. The molecule has 0 bridgehead atoms. The fraction of sp³-hybridized carbons (Fsp3) is 0.429. The second kappa shape index (κ2) is 5.01. The van der Waals surface area contributed by atoms with Gasteiger partial charge >= 0.3 is 0 Å². The number of rotatable bonds is 2. The Labute approximate surface area is 111 Å². The fourth-order valence-electron chi connectivity index (χ4n) is 2.43. The molecule has 0 amide bonds. The van der Waals surface area contributed by atoms with E-state index >= 15 is 0 Å². The monoisotopic (exact) mass is 259 g/mol. The van der Waals surface area contributed by atoms with Gasteiger partial charge in [0.1, 0.15) is 5.75 Å². The van der Waals surface area contributed by atoms with Gasteiger partial charge in [-0.2, -0.15) is 4.98 Å². The molecule has 0 radical (unpaired) electrons. The van der Waals surface area contributed by atoms with E-state index in [1.807, 2.05) is 6.07 Å². The van der Waals surface area contributed by atoms with Crippen molar-refractivity contribution in [2.75, 3.05) is 6.54 Å². The van der Waals surface area contributed by atoms with Crippen LogP contribution in [0, 0.1) is 5.92 Å². The van der Waals surface area contributed by atoms with Crippen LogP contribution in [0.4, 0.5) is 0 Å². The summed E-state index contributed by atoms with van der Waals surface area (Å²) in [5.74, 6) is 2.02. The van der Waals surface area contributed by atoms with Crippen molar-refractivity contribution in [2.24, 2.45) is 5.92 Å². The summed E-state index contributed by atoms with van der Waals surface area (Å²) in [6.45, 7) is 3.22. The highest BCUT2D eigenvalue weighted by Crippen LogP contribution is 2.28. The molecular weight excluding hydrogens is 242 g/mol. The van der Waals surface area contributed by atoms with Crippen LogP contribution in [0.15, 0.2) is 28.8 Å². The largest absolute Gasteiger partial charge is 0.508 e. The average Bonchev–Trinajstić information content (AvgIpc) is 2.88. The molecule has 0 saturated carbocycles. The zero-order valence-corrected chi connectivity index (χ0v) is 10.8. The molecule has 1 aromatic carbocycles. The first kappa shape index (κ1) is 12.2. The third kappa shape index (κ3) is 2.61. The van der Waals surface area contributed by atoms with E-state index in [9.17, 15) is 5.11 Å². The zero-order chi connectivity index (χ0) is 13.2. The van der Waals surface area contributed by atoms with Crippen LogP contribution in [0.5, 0.6) is 5.75 Å². The van der Waals surface area contributed by atoms with Crippen molar-refractivity contribution >= 4 is 0 Å². The summed E-state index contributed by atoms with van der Waals surface area (Å²) >= 11 is 0. The lowest BCUT2D eigenvalue weighted by Gasteiger charge is -2.25. The van der Waals surface area contributed by atoms with Crippen LogP contribution in [-0.4, -0.2) is 21.8 Å². The Bertz CT molecular complexity index is 567. The topological polar surface area (TPSA) is 71.2 Å². The van der Waals surface area contributed by atoms with Gasteiger partial charge in [0.25, 0.3) is 0 Å². The number of aromatic nitrogens is 2. The maximum absolute atomic E-state index is 9.47. The van der Waals surface area contributed by atoms with Crippen molar-refractivity contribution in [2.45, 2.75) is 25.8 Å². The number of nitrogens with one attached hydrogen (secondary N) is 1. The second-order valence-electron chi connectivity index (χ2n) is 5.14. The maximum Gasteiger partial charge on any atom is 0.244 e. The molecule has 5 heteroatoms. The molecule has 1 aliphatic heterocycles. The van der Waals surface area contributed by atoms with Crippen LogP contribution in [0.25, 0.3) is 11.4 Å². The predicted octanol–water partition coefficient (Wildman–Crippen LogP) is 2.50. The third-order valence-corrected chi connectivity index (χ3v) is 3.51. The van der Waals surface area contributed by atoms with Crippen molar-refractivity contribution in [1.82, 2.24) is 15.5 Å². The van der Waals surface area contributed by atoms with Gasteiger partial charge < -0.3 is 14.9 Å². The van der Waals surface area contributed by atoms with Crippen LogP contribution in [0.2, 0.25) is 0 Å². The molecule has 3 rings (SSSR count). The number of benzene rings is 1. The lowest BCUT2D eigenvalue weighted by Crippen LogP contribution is -2.30. The molecule has 19 heavy (non-hydrogen) atoms. The number of nitrogens with zero attached hydrogens (tertiary/aromatic N) is 2. The van der Waals surface area contributed by atoms with Crippen molar-refractivity contribution in [1.29, 1.82) is 0 Å². The van der Waals surface area contributed by atoms with Crippen LogP contribution in [0.3, 0.4) is 0 Å². The molecule has 1 fully saturated rings. The van der Waals surface area contributed by atoms with Crippen molar-refractivity contribution in [3.05, 3.63) is 30.2 Å². The number of phenols is 1. The van der Waals surface area contributed by atoms with Gasteiger partial charge in [0.15, 0.2) is 0 Å². The molecule has 0 spiro atoms. The number of phenolic OH excluding ortho intramolecular Hbond substituents is 1. The zero-order valence-electron chi connectivity index (χ0n) is 10.8. The molecule has 1 aromatic heterocycles. The summed E-state index contributed by atoms with van der Waals surface area (Å²) in [5.41, 5.74) is 0.763. The van der Waals surface area contributed by atoms with Crippen molar-refractivity contribution < 1.29 is 9.63 Å². The van der Waals surface area contributed by atoms with E-state index in [0.717, 1.165) is 18.5 Å². The number of piperidine rings is 1. The number of hydrogen-bond donors (Lipinski definition) is 2. The molecule has 100 valence electrons. The van der Waals surface area contributed by atoms with Crippen LogP contribution in [0.1, 0.15) is 31.7 Å². The van der Waals surface area contributed by atoms with E-state index in [-0.39, 0.29) is 11.8 Å². The predicted molar refractivity (Wildman–Crippen MR) is 70.5 cm³/mol. The lowest BCUT2D eigenvalue weighted by molar-refractivity contribution is 0.260. The Morgan fingerprint density at radius 3 is 3.11 bits per heavy atom. The summed E-state index contributed by atoms with van der Waals surface area (Å²) in [7, 11) is 0. The van der Waals surface area contributed by atoms with E-state index in [0.29, 0.717) is 17.6 Å². The standard InChI is InChI=1S/C14H17N3O2/c1-9-5-6-15-12(7-9)14-16-13(17-19-14)10-3-2-4-11(18)8-10/h2-4,8-9,12,15,18H,5-7H2,1H3. The van der Waals surface area contributed by atoms with Gasteiger partial charge in [-0.1, -0.05) is 24.2 Å². The highest BCUT2D eigenvalue weighted by Gasteiger charge is 2.24. The molecule has 2 heterocycles. The van der Waals surface area contributed by atoms with Gasteiger partial charge in [-0.15, -0.1) is 0 Å². The molecule has 0 aliphatic carbocycles. The fourth-order valence-corrected chi connectivity index (χ4v) is 2.43. The number of hydrogen-bond acceptors (Lipinski definition) is 5. The molecule has 2 atom stereocenters. The van der Waals surface area contributed by atoms with Gasteiger partial charge in [-0.25, -0.2) is 0 Å². The van der Waals surface area contributed by atoms with E-state index < -0.39 is 0 Å². The van der Waals surface area contributed by atoms with E-state index in [4.69, 9.17) is 4.52 Å². The SMILES string of the molecule is CC1CCNC(c2nc(-c3cccc(O)c3)no2)C1. The van der Waals surface area contributed by atoms with Crippen molar-refractivity contribution in [3.8, 4) is 17.1 Å². The van der Waals surface area contributed by atoms with Crippen LogP contribution >= 0.6 is 0 Å². The quantitative estimate of drug-likeness (QED) is 0.867. The summed E-state index contributed by atoms with van der Waals surface area (Å²) in [6.07, 6.45) is 2.20. The minimum Gasteiger partial charge on any atom is -0.508 e. The molecule has 5 nitrogen and oxygen atoms in total. The molecule has 2 N–H and O–H groups in total. The summed E-state index contributed by atoms with van der Waals surface area (Å²) in [4.78, 5) is 4.43. The van der Waals surface area contributed by atoms with Gasteiger partial charge in [0.2, 0.25) is 11.7 Å². The molecule has 1 saturated heterocycles. The van der Waals surface area contributed by atoms with Gasteiger partial charge in [0.05, 0.1) is 6.04 Å². The second-order valence-corrected chi connectivity index (χ2v) is 5.14. The highest BCUT2D eigenvalue weighted by atomic mass is 16.5. The summed E-state index contributed by atoms with van der Waals surface area (Å²) in [6, 6.07) is 7.01. The normalized spacial score (nSPS) is 23.4. The third-order valence-electron chi connectivity index (χ3n) is 3.51. The Balaban J connectivity index is 1.83. The molecule has 2 unspecified atom stereocenters. The maximum atomic E-state index is 9.47. The van der Waals surface area contributed by atoms with E-state index in [1.165, 1.54) is 6.42 Å². The first-order valence-corrected chi connectivity index (χ1v) is 6.59. The summed E-state index contributed by atoms with van der Waals surface area (Å²) in [5, 5.41) is 16.9. The lowest BCUT2D eigenvalue weighted by atomic mass is 9.94. The smallest absolute Gasteiger partial charge is 0.244 e. The Hall–Kier alpha value is -1.88. The first-order valence-electron chi connectivity index (χ1n) is 6.59. The Morgan fingerprint density at radius 2 is 2.32 bits per heavy atom.